The van der Waals surface area contributed by atoms with E-state index < -0.39 is 5.97 Å². The van der Waals surface area contributed by atoms with Gasteiger partial charge in [-0.15, -0.1) is 11.6 Å². The maximum atomic E-state index is 11.8. The topological polar surface area (TPSA) is 94.0 Å². The van der Waals surface area contributed by atoms with Gasteiger partial charge >= 0.3 is 5.97 Å². The van der Waals surface area contributed by atoms with Crippen LogP contribution in [0.25, 0.3) is 11.0 Å². The number of pyridine rings is 1. The van der Waals surface area contributed by atoms with E-state index in [2.05, 4.69) is 10.1 Å². The summed E-state index contributed by atoms with van der Waals surface area (Å²) < 4.78 is 1.66. The number of nitrogens with zero attached hydrogens (tertiary/aromatic N) is 3. The molecule has 0 saturated heterocycles. The Balaban J connectivity index is 1.72. The van der Waals surface area contributed by atoms with Gasteiger partial charge in [0.25, 0.3) is 0 Å². The number of carboxylic acid groups (broad SMARTS) is 1. The molecule has 6 nitrogen and oxygen atoms in total. The van der Waals surface area contributed by atoms with Crippen LogP contribution in [0.4, 0.5) is 5.82 Å². The smallest absolute Gasteiger partial charge is 0.337 e. The van der Waals surface area contributed by atoms with Crippen molar-refractivity contribution < 1.29 is 9.90 Å². The Hall–Kier alpha value is -3.38. The number of carboxylic acids is 1. The number of aromatic carboxylic acids is 1. The van der Waals surface area contributed by atoms with E-state index in [0.717, 1.165) is 11.1 Å². The Bertz CT molecular complexity index is 1180. The summed E-state index contributed by atoms with van der Waals surface area (Å²) >= 11 is 6.59. The SMILES string of the molecule is Nc1nn(CC(Cl)c2ccccc2)c2ncc(C(=O)O)c(CCc3ccccc3)c12. The average Bonchev–Trinajstić information content (AvgIpc) is 3.08. The first-order chi connectivity index (χ1) is 14.5. The number of benzene rings is 2. The lowest BCUT2D eigenvalue weighted by Gasteiger charge is -2.11. The highest BCUT2D eigenvalue weighted by molar-refractivity contribution is 6.20. The van der Waals surface area contributed by atoms with Crippen molar-refractivity contribution in [2.24, 2.45) is 0 Å². The van der Waals surface area contributed by atoms with Gasteiger partial charge in [-0.1, -0.05) is 60.7 Å². The molecule has 0 bridgehead atoms. The first kappa shape index (κ1) is 19.9. The molecule has 2 heterocycles. The fourth-order valence-corrected chi connectivity index (χ4v) is 3.91. The van der Waals surface area contributed by atoms with Crippen LogP contribution < -0.4 is 5.73 Å². The lowest BCUT2D eigenvalue weighted by atomic mass is 9.98. The van der Waals surface area contributed by atoms with Gasteiger partial charge in [0, 0.05) is 6.20 Å². The van der Waals surface area contributed by atoms with Crippen molar-refractivity contribution in [2.45, 2.75) is 24.8 Å². The zero-order valence-corrected chi connectivity index (χ0v) is 17.0. The number of hydrogen-bond acceptors (Lipinski definition) is 4. The first-order valence-electron chi connectivity index (χ1n) is 9.64. The molecule has 2 aromatic heterocycles. The van der Waals surface area contributed by atoms with Gasteiger partial charge in [0.1, 0.15) is 0 Å². The molecule has 7 heteroatoms. The standard InChI is InChI=1S/C23H21ClN4O2/c24-19(16-9-5-2-6-10-16)14-28-22-20(21(25)27-28)17(18(13-26-22)23(29)30)12-11-15-7-3-1-4-8-15/h1-10,13,19H,11-12,14H2,(H2,25,27)(H,29,30). The van der Waals surface area contributed by atoms with Gasteiger partial charge in [0.2, 0.25) is 0 Å². The first-order valence-corrected chi connectivity index (χ1v) is 10.1. The molecule has 4 aromatic rings. The van der Waals surface area contributed by atoms with Crippen LogP contribution in [0.15, 0.2) is 66.9 Å². The molecule has 4 rings (SSSR count). The van der Waals surface area contributed by atoms with Crippen molar-refractivity contribution in [1.82, 2.24) is 14.8 Å². The Labute approximate surface area is 178 Å². The van der Waals surface area contributed by atoms with Gasteiger partial charge < -0.3 is 10.8 Å². The summed E-state index contributed by atoms with van der Waals surface area (Å²) in [7, 11) is 0. The van der Waals surface area contributed by atoms with Crippen molar-refractivity contribution in [3.05, 3.63) is 89.1 Å². The van der Waals surface area contributed by atoms with Crippen LogP contribution in [-0.4, -0.2) is 25.8 Å². The average molecular weight is 421 g/mol. The molecule has 1 atom stereocenters. The van der Waals surface area contributed by atoms with E-state index in [0.29, 0.717) is 36.0 Å². The third-order valence-corrected chi connectivity index (χ3v) is 5.52. The zero-order valence-electron chi connectivity index (χ0n) is 16.2. The van der Waals surface area contributed by atoms with E-state index in [4.69, 9.17) is 17.3 Å². The number of carbonyl (C=O) groups is 1. The normalized spacial score (nSPS) is 12.2. The molecule has 0 aliphatic heterocycles. The number of aromatic nitrogens is 3. The Kier molecular flexibility index (Phi) is 5.68. The summed E-state index contributed by atoms with van der Waals surface area (Å²) in [6.07, 6.45) is 2.59. The van der Waals surface area contributed by atoms with Crippen LogP contribution in [0.5, 0.6) is 0 Å². The highest BCUT2D eigenvalue weighted by Gasteiger charge is 2.22. The fraction of sp³-hybridized carbons (Fsp3) is 0.174. The minimum atomic E-state index is -1.03. The predicted octanol–water partition coefficient (Wildman–Crippen LogP) is 4.48. The molecule has 0 saturated carbocycles. The van der Waals surface area contributed by atoms with Crippen LogP contribution in [0.2, 0.25) is 0 Å². The number of hydrogen-bond donors (Lipinski definition) is 2. The third-order valence-electron chi connectivity index (χ3n) is 5.13. The van der Waals surface area contributed by atoms with Gasteiger partial charge in [0.05, 0.1) is 22.9 Å². The molecule has 3 N–H and O–H groups in total. The molecule has 0 fully saturated rings. The van der Waals surface area contributed by atoms with E-state index in [1.54, 1.807) is 4.68 Å². The van der Waals surface area contributed by atoms with Crippen molar-refractivity contribution in [3.8, 4) is 0 Å². The second kappa shape index (κ2) is 8.55. The molecule has 0 aliphatic rings. The molecule has 0 radical (unpaired) electrons. The molecular formula is C23H21ClN4O2. The fourth-order valence-electron chi connectivity index (χ4n) is 3.63. The number of fused-ring (bicyclic) bond motifs is 1. The van der Waals surface area contributed by atoms with Crippen LogP contribution >= 0.6 is 11.6 Å². The van der Waals surface area contributed by atoms with Gasteiger partial charge in [-0.3, -0.25) is 0 Å². The van der Waals surface area contributed by atoms with E-state index >= 15 is 0 Å². The monoisotopic (exact) mass is 420 g/mol. The molecule has 0 spiro atoms. The van der Waals surface area contributed by atoms with Gasteiger partial charge in [-0.25, -0.2) is 14.5 Å². The van der Waals surface area contributed by atoms with E-state index in [1.807, 2.05) is 60.7 Å². The Morgan fingerprint density at radius 2 is 1.73 bits per heavy atom. The molecule has 30 heavy (non-hydrogen) atoms. The number of halogens is 1. The van der Waals surface area contributed by atoms with Crippen LogP contribution in [0, 0.1) is 0 Å². The summed E-state index contributed by atoms with van der Waals surface area (Å²) in [5.74, 6) is -0.764. The van der Waals surface area contributed by atoms with Crippen molar-refractivity contribution in [3.63, 3.8) is 0 Å². The summed E-state index contributed by atoms with van der Waals surface area (Å²) in [5, 5.41) is 14.4. The highest BCUT2D eigenvalue weighted by atomic mass is 35.5. The number of alkyl halides is 1. The third kappa shape index (κ3) is 4.00. The highest BCUT2D eigenvalue weighted by Crippen LogP contribution is 2.30. The second-order valence-electron chi connectivity index (χ2n) is 7.09. The van der Waals surface area contributed by atoms with E-state index in [9.17, 15) is 9.90 Å². The molecule has 1 unspecified atom stereocenters. The number of aryl methyl sites for hydroxylation is 2. The number of rotatable bonds is 7. The maximum absolute atomic E-state index is 11.8. The largest absolute Gasteiger partial charge is 0.478 e. The summed E-state index contributed by atoms with van der Waals surface area (Å²) in [4.78, 5) is 16.2. The van der Waals surface area contributed by atoms with Gasteiger partial charge in [-0.2, -0.15) is 5.10 Å². The molecular weight excluding hydrogens is 400 g/mol. The quantitative estimate of drug-likeness (QED) is 0.430. The van der Waals surface area contributed by atoms with Gasteiger partial charge in [0.15, 0.2) is 11.5 Å². The summed E-state index contributed by atoms with van der Waals surface area (Å²) in [6, 6.07) is 19.6. The number of nitrogens with two attached hydrogens (primary N) is 1. The summed E-state index contributed by atoms with van der Waals surface area (Å²) in [6.45, 7) is 0.372. The Morgan fingerprint density at radius 3 is 2.40 bits per heavy atom. The summed E-state index contributed by atoms with van der Waals surface area (Å²) in [5.41, 5.74) is 9.64. The van der Waals surface area contributed by atoms with Crippen molar-refractivity contribution >= 4 is 34.4 Å². The maximum Gasteiger partial charge on any atom is 0.337 e. The van der Waals surface area contributed by atoms with Gasteiger partial charge in [-0.05, 0) is 29.5 Å². The Morgan fingerprint density at radius 1 is 1.07 bits per heavy atom. The van der Waals surface area contributed by atoms with E-state index in [1.165, 1.54) is 6.20 Å². The second-order valence-corrected chi connectivity index (χ2v) is 7.61. The molecule has 0 aliphatic carbocycles. The van der Waals surface area contributed by atoms with Crippen LogP contribution in [0.1, 0.15) is 32.4 Å². The lowest BCUT2D eigenvalue weighted by molar-refractivity contribution is 0.0695. The van der Waals surface area contributed by atoms with Crippen LogP contribution in [-0.2, 0) is 19.4 Å². The number of nitrogen functional groups attached to an aromatic ring is 1. The van der Waals surface area contributed by atoms with Crippen molar-refractivity contribution in [2.75, 3.05) is 5.73 Å². The van der Waals surface area contributed by atoms with E-state index in [-0.39, 0.29) is 16.8 Å². The molecule has 152 valence electrons. The molecule has 2 aromatic carbocycles. The lowest BCUT2D eigenvalue weighted by Crippen LogP contribution is -2.09. The van der Waals surface area contributed by atoms with Crippen molar-refractivity contribution in [1.29, 1.82) is 0 Å². The number of anilines is 1. The minimum Gasteiger partial charge on any atom is -0.478 e. The molecule has 0 amide bonds. The minimum absolute atomic E-state index is 0.148. The predicted molar refractivity (Wildman–Crippen MR) is 118 cm³/mol. The zero-order chi connectivity index (χ0) is 21.1. The van der Waals surface area contributed by atoms with Crippen LogP contribution in [0.3, 0.4) is 0 Å².